The fraction of sp³-hybridized carbons (Fsp3) is 0.368. The van der Waals surface area contributed by atoms with Gasteiger partial charge in [0.25, 0.3) is 11.5 Å². The highest BCUT2D eigenvalue weighted by Crippen LogP contribution is 2.35. The maximum atomic E-state index is 12.7. The molecule has 0 saturated heterocycles. The summed E-state index contributed by atoms with van der Waals surface area (Å²) in [6, 6.07) is 4.94. The van der Waals surface area contributed by atoms with Crippen molar-refractivity contribution < 1.29 is 14.3 Å². The van der Waals surface area contributed by atoms with Crippen LogP contribution in [-0.4, -0.2) is 53.0 Å². The summed E-state index contributed by atoms with van der Waals surface area (Å²) in [6.45, 7) is 2.60. The van der Waals surface area contributed by atoms with Crippen LogP contribution in [0.1, 0.15) is 18.2 Å². The lowest BCUT2D eigenvalue weighted by atomic mass is 10.1. The van der Waals surface area contributed by atoms with Crippen LogP contribution in [0.3, 0.4) is 0 Å². The number of aromatic amines is 1. The van der Waals surface area contributed by atoms with E-state index in [-0.39, 0.29) is 17.5 Å². The third-order valence-corrected chi connectivity index (χ3v) is 5.13. The van der Waals surface area contributed by atoms with Gasteiger partial charge in [-0.05, 0) is 31.5 Å². The van der Waals surface area contributed by atoms with Crippen LogP contribution in [0, 0.1) is 0 Å². The molecule has 1 aromatic heterocycles. The number of benzene rings is 1. The normalized spacial score (nSPS) is 18.6. The molecule has 0 radical (unpaired) electrons. The van der Waals surface area contributed by atoms with Gasteiger partial charge in [0.05, 0.1) is 17.7 Å². The molecule has 9 heteroatoms. The third kappa shape index (κ3) is 3.19. The first-order chi connectivity index (χ1) is 13.4. The van der Waals surface area contributed by atoms with E-state index < -0.39 is 6.10 Å². The third-order valence-electron chi connectivity index (χ3n) is 5.13. The number of H-pyrrole nitrogens is 1. The van der Waals surface area contributed by atoms with Crippen molar-refractivity contribution in [3.8, 4) is 5.75 Å². The minimum absolute atomic E-state index is 0.140. The molecule has 0 unspecified atom stereocenters. The summed E-state index contributed by atoms with van der Waals surface area (Å²) in [7, 11) is 1.68. The van der Waals surface area contributed by atoms with Crippen molar-refractivity contribution in [2.45, 2.75) is 25.9 Å². The maximum absolute atomic E-state index is 12.7. The molecular formula is C19H21N5O4. The molecule has 28 heavy (non-hydrogen) atoms. The van der Waals surface area contributed by atoms with E-state index in [2.05, 4.69) is 15.3 Å². The van der Waals surface area contributed by atoms with Crippen LogP contribution in [-0.2, 0) is 17.6 Å². The number of likely N-dealkylation sites (N-methyl/N-ethyl adjacent to an activating group) is 1. The van der Waals surface area contributed by atoms with Crippen molar-refractivity contribution in [3.05, 3.63) is 46.1 Å². The number of nitrogens with one attached hydrogen (secondary N) is 2. The largest absolute Gasteiger partial charge is 0.479 e. The first-order valence-corrected chi connectivity index (χ1v) is 9.13. The second kappa shape index (κ2) is 6.99. The molecule has 9 nitrogen and oxygen atoms in total. The molecule has 2 N–H and O–H groups in total. The van der Waals surface area contributed by atoms with E-state index in [9.17, 15) is 14.4 Å². The van der Waals surface area contributed by atoms with Gasteiger partial charge in [-0.3, -0.25) is 9.59 Å². The molecule has 0 fully saturated rings. The molecule has 1 atom stereocenters. The van der Waals surface area contributed by atoms with E-state index in [0.717, 1.165) is 5.69 Å². The van der Waals surface area contributed by atoms with Crippen molar-refractivity contribution in [2.75, 3.05) is 30.4 Å². The average molecular weight is 383 g/mol. The first-order valence-electron chi connectivity index (χ1n) is 9.13. The molecule has 4 rings (SSSR count). The lowest BCUT2D eigenvalue weighted by molar-refractivity contribution is -0.125. The number of rotatable bonds is 1. The second-order valence-corrected chi connectivity index (χ2v) is 6.91. The molecule has 2 aromatic rings. The van der Waals surface area contributed by atoms with E-state index in [4.69, 9.17) is 4.74 Å². The predicted molar refractivity (Wildman–Crippen MR) is 103 cm³/mol. The lowest BCUT2D eigenvalue weighted by Gasteiger charge is -2.30. The Hall–Kier alpha value is -3.36. The summed E-state index contributed by atoms with van der Waals surface area (Å²) in [5.41, 5.74) is 2.40. The summed E-state index contributed by atoms with van der Waals surface area (Å²) in [4.78, 5) is 46.8. The van der Waals surface area contributed by atoms with E-state index in [1.54, 1.807) is 37.1 Å². The number of hydrogen-bond acceptors (Lipinski definition) is 5. The molecular weight excluding hydrogens is 362 g/mol. The number of carbonyl (C=O) groups is 2. The highest BCUT2D eigenvalue weighted by Gasteiger charge is 2.29. The van der Waals surface area contributed by atoms with Gasteiger partial charge in [-0.25, -0.2) is 9.78 Å². The SMILES string of the molecule is C[C@@H]1Oc2ccc(NC(=O)N3CCc4nc[nH]c(=O)c4CC3)cc2N(C)C1=O. The highest BCUT2D eigenvalue weighted by molar-refractivity contribution is 6.00. The Morgan fingerprint density at radius 3 is 2.89 bits per heavy atom. The minimum Gasteiger partial charge on any atom is -0.479 e. The fourth-order valence-corrected chi connectivity index (χ4v) is 3.53. The number of hydrogen-bond donors (Lipinski definition) is 2. The summed E-state index contributed by atoms with van der Waals surface area (Å²) >= 11 is 0. The number of fused-ring (bicyclic) bond motifs is 2. The number of carbonyl (C=O) groups excluding carboxylic acids is 2. The Morgan fingerprint density at radius 1 is 1.29 bits per heavy atom. The molecule has 0 saturated carbocycles. The topological polar surface area (TPSA) is 108 Å². The summed E-state index contributed by atoms with van der Waals surface area (Å²) in [6.07, 6.45) is 1.84. The van der Waals surface area contributed by atoms with Gasteiger partial charge in [-0.1, -0.05) is 0 Å². The molecule has 0 spiro atoms. The van der Waals surface area contributed by atoms with E-state index >= 15 is 0 Å². The summed E-state index contributed by atoms with van der Waals surface area (Å²) < 4.78 is 5.60. The van der Waals surface area contributed by atoms with Gasteiger partial charge in [0.1, 0.15) is 5.75 Å². The fourth-order valence-electron chi connectivity index (χ4n) is 3.53. The van der Waals surface area contributed by atoms with Gasteiger partial charge in [0, 0.05) is 37.8 Å². The summed E-state index contributed by atoms with van der Waals surface area (Å²) in [5, 5.41) is 2.86. The number of amides is 3. The molecule has 0 aliphatic carbocycles. The molecule has 3 heterocycles. The molecule has 146 valence electrons. The Morgan fingerprint density at radius 2 is 2.07 bits per heavy atom. The maximum Gasteiger partial charge on any atom is 0.321 e. The number of aromatic nitrogens is 2. The molecule has 3 amide bonds. The number of anilines is 2. The van der Waals surface area contributed by atoms with Crippen LogP contribution in [0.5, 0.6) is 5.75 Å². The number of ether oxygens (including phenoxy) is 1. The zero-order valence-electron chi connectivity index (χ0n) is 15.7. The van der Waals surface area contributed by atoms with Crippen molar-refractivity contribution >= 4 is 23.3 Å². The van der Waals surface area contributed by atoms with Crippen LogP contribution in [0.4, 0.5) is 16.2 Å². The molecule has 2 aliphatic heterocycles. The minimum atomic E-state index is -0.534. The van der Waals surface area contributed by atoms with E-state index in [0.29, 0.717) is 48.6 Å². The Balaban J connectivity index is 1.48. The van der Waals surface area contributed by atoms with Gasteiger partial charge in [0.15, 0.2) is 6.10 Å². The zero-order valence-corrected chi connectivity index (χ0v) is 15.7. The van der Waals surface area contributed by atoms with Gasteiger partial charge >= 0.3 is 6.03 Å². The van der Waals surface area contributed by atoms with Crippen molar-refractivity contribution in [1.82, 2.24) is 14.9 Å². The van der Waals surface area contributed by atoms with Gasteiger partial charge < -0.3 is 24.8 Å². The first kappa shape index (κ1) is 18.0. The lowest BCUT2D eigenvalue weighted by Crippen LogP contribution is -2.42. The zero-order chi connectivity index (χ0) is 19.8. The van der Waals surface area contributed by atoms with Crippen LogP contribution in [0.2, 0.25) is 0 Å². The number of nitrogens with zero attached hydrogens (tertiary/aromatic N) is 3. The average Bonchev–Trinajstić information content (AvgIpc) is 2.91. The predicted octanol–water partition coefficient (Wildman–Crippen LogP) is 1.15. The monoisotopic (exact) mass is 383 g/mol. The van der Waals surface area contributed by atoms with Crippen molar-refractivity contribution in [1.29, 1.82) is 0 Å². The van der Waals surface area contributed by atoms with Gasteiger partial charge in [-0.2, -0.15) is 0 Å². The Kier molecular flexibility index (Phi) is 4.50. The molecule has 1 aromatic carbocycles. The molecule has 0 bridgehead atoms. The van der Waals surface area contributed by atoms with Crippen LogP contribution < -0.4 is 20.5 Å². The highest BCUT2D eigenvalue weighted by atomic mass is 16.5. The van der Waals surface area contributed by atoms with Crippen LogP contribution in [0.25, 0.3) is 0 Å². The molecule has 2 aliphatic rings. The number of urea groups is 1. The van der Waals surface area contributed by atoms with Gasteiger partial charge in [-0.15, -0.1) is 0 Å². The quantitative estimate of drug-likeness (QED) is 0.768. The van der Waals surface area contributed by atoms with Crippen molar-refractivity contribution in [3.63, 3.8) is 0 Å². The Bertz CT molecular complexity index is 1000. The van der Waals surface area contributed by atoms with E-state index in [1.807, 2.05) is 0 Å². The smallest absolute Gasteiger partial charge is 0.321 e. The van der Waals surface area contributed by atoms with Gasteiger partial charge in [0.2, 0.25) is 0 Å². The van der Waals surface area contributed by atoms with Crippen LogP contribution in [0.15, 0.2) is 29.3 Å². The van der Waals surface area contributed by atoms with E-state index in [1.165, 1.54) is 11.2 Å². The summed E-state index contributed by atoms with van der Waals surface area (Å²) in [5.74, 6) is 0.460. The Labute approximate surface area is 161 Å². The van der Waals surface area contributed by atoms with Crippen molar-refractivity contribution in [2.24, 2.45) is 0 Å². The standard InChI is InChI=1S/C19H21N5O4/c1-11-18(26)23(2)15-9-12(3-4-16(15)28-11)22-19(27)24-7-5-13-14(6-8-24)20-10-21-17(13)25/h3-4,9-11H,5-8H2,1-2H3,(H,22,27)(H,20,21,25)/t11-/m0/s1. The van der Waals surface area contributed by atoms with Crippen LogP contribution >= 0.6 is 0 Å². The second-order valence-electron chi connectivity index (χ2n) is 6.91.